The number of ether oxygens (including phenoxy) is 1. The number of rotatable bonds is 2. The van der Waals surface area contributed by atoms with E-state index in [0.29, 0.717) is 11.4 Å². The van der Waals surface area contributed by atoms with Crippen molar-refractivity contribution in [2.75, 3.05) is 5.73 Å². The van der Waals surface area contributed by atoms with Crippen molar-refractivity contribution in [2.24, 2.45) is 0 Å². The molecule has 0 aromatic carbocycles. The van der Waals surface area contributed by atoms with Gasteiger partial charge < -0.3 is 10.5 Å². The monoisotopic (exact) mass is 168 g/mol. The SMILES string of the molecule is Nc1cnc(F)cc1OC1CC1. The van der Waals surface area contributed by atoms with Gasteiger partial charge in [-0.1, -0.05) is 0 Å². The van der Waals surface area contributed by atoms with E-state index in [1.807, 2.05) is 0 Å². The zero-order chi connectivity index (χ0) is 8.55. The van der Waals surface area contributed by atoms with E-state index in [1.165, 1.54) is 12.3 Å². The van der Waals surface area contributed by atoms with Gasteiger partial charge in [-0.25, -0.2) is 4.98 Å². The van der Waals surface area contributed by atoms with Crippen molar-refractivity contribution in [2.45, 2.75) is 18.9 Å². The van der Waals surface area contributed by atoms with E-state index in [4.69, 9.17) is 10.5 Å². The molecule has 1 aliphatic rings. The first-order valence-corrected chi connectivity index (χ1v) is 3.83. The van der Waals surface area contributed by atoms with E-state index in [9.17, 15) is 4.39 Å². The molecule has 0 bridgehead atoms. The van der Waals surface area contributed by atoms with Gasteiger partial charge in [0.15, 0.2) is 0 Å². The van der Waals surface area contributed by atoms with Gasteiger partial charge in [0.05, 0.1) is 18.0 Å². The molecular weight excluding hydrogens is 159 g/mol. The van der Waals surface area contributed by atoms with Crippen molar-refractivity contribution in [3.05, 3.63) is 18.2 Å². The minimum Gasteiger partial charge on any atom is -0.488 e. The van der Waals surface area contributed by atoms with Crippen LogP contribution in [-0.2, 0) is 0 Å². The molecule has 1 aliphatic carbocycles. The van der Waals surface area contributed by atoms with E-state index in [1.54, 1.807) is 0 Å². The Bertz CT molecular complexity index is 299. The number of halogens is 1. The highest BCUT2D eigenvalue weighted by atomic mass is 19.1. The fourth-order valence-corrected chi connectivity index (χ4v) is 0.891. The zero-order valence-corrected chi connectivity index (χ0v) is 6.46. The third kappa shape index (κ3) is 1.47. The Morgan fingerprint density at radius 3 is 3.00 bits per heavy atom. The summed E-state index contributed by atoms with van der Waals surface area (Å²) in [6.45, 7) is 0. The summed E-state index contributed by atoms with van der Waals surface area (Å²) in [5.74, 6) is -0.148. The molecule has 2 N–H and O–H groups in total. The van der Waals surface area contributed by atoms with Crippen molar-refractivity contribution < 1.29 is 9.13 Å². The van der Waals surface area contributed by atoms with Crippen molar-refractivity contribution in [3.63, 3.8) is 0 Å². The highest BCUT2D eigenvalue weighted by Crippen LogP contribution is 2.30. The Morgan fingerprint density at radius 2 is 2.33 bits per heavy atom. The van der Waals surface area contributed by atoms with Crippen LogP contribution < -0.4 is 10.5 Å². The predicted octanol–water partition coefficient (Wildman–Crippen LogP) is 1.34. The topological polar surface area (TPSA) is 48.1 Å². The Kier molecular flexibility index (Phi) is 1.60. The molecule has 0 unspecified atom stereocenters. The van der Waals surface area contributed by atoms with Gasteiger partial charge in [0, 0.05) is 6.07 Å². The second-order valence-electron chi connectivity index (χ2n) is 2.86. The average molecular weight is 168 g/mol. The average Bonchev–Trinajstić information content (AvgIpc) is 2.81. The molecular formula is C8H9FN2O. The molecule has 0 spiro atoms. The molecule has 1 aromatic heterocycles. The maximum absolute atomic E-state index is 12.6. The summed E-state index contributed by atoms with van der Waals surface area (Å²) in [6.07, 6.45) is 3.56. The number of nitrogen functional groups attached to an aromatic ring is 1. The largest absolute Gasteiger partial charge is 0.488 e. The molecule has 1 aromatic rings. The van der Waals surface area contributed by atoms with Gasteiger partial charge in [-0.2, -0.15) is 4.39 Å². The lowest BCUT2D eigenvalue weighted by Gasteiger charge is -2.05. The minimum atomic E-state index is -0.556. The van der Waals surface area contributed by atoms with Gasteiger partial charge in [-0.3, -0.25) is 0 Å². The third-order valence-electron chi connectivity index (χ3n) is 1.68. The first-order valence-electron chi connectivity index (χ1n) is 3.83. The van der Waals surface area contributed by atoms with E-state index >= 15 is 0 Å². The normalized spacial score (nSPS) is 16.1. The van der Waals surface area contributed by atoms with Crippen LogP contribution in [0.3, 0.4) is 0 Å². The highest BCUT2D eigenvalue weighted by Gasteiger charge is 2.24. The maximum atomic E-state index is 12.6. The summed E-state index contributed by atoms with van der Waals surface area (Å²) in [5.41, 5.74) is 5.90. The van der Waals surface area contributed by atoms with Gasteiger partial charge >= 0.3 is 0 Å². The Labute approximate surface area is 69.4 Å². The van der Waals surface area contributed by atoms with Crippen LogP contribution in [0.15, 0.2) is 12.3 Å². The molecule has 3 nitrogen and oxygen atoms in total. The van der Waals surface area contributed by atoms with Crippen LogP contribution in [0.25, 0.3) is 0 Å². The molecule has 0 radical (unpaired) electrons. The van der Waals surface area contributed by atoms with Crippen LogP contribution >= 0.6 is 0 Å². The fourth-order valence-electron chi connectivity index (χ4n) is 0.891. The van der Waals surface area contributed by atoms with Crippen LogP contribution in [0.4, 0.5) is 10.1 Å². The van der Waals surface area contributed by atoms with Crippen LogP contribution in [0.1, 0.15) is 12.8 Å². The quantitative estimate of drug-likeness (QED) is 0.678. The van der Waals surface area contributed by atoms with Crippen molar-refractivity contribution in [1.82, 2.24) is 4.98 Å². The van der Waals surface area contributed by atoms with Gasteiger partial charge in [-0.05, 0) is 12.8 Å². The summed E-state index contributed by atoms with van der Waals surface area (Å²) < 4.78 is 17.9. The Hall–Kier alpha value is -1.32. The van der Waals surface area contributed by atoms with E-state index in [2.05, 4.69) is 4.98 Å². The molecule has 1 saturated carbocycles. The lowest BCUT2D eigenvalue weighted by molar-refractivity contribution is 0.302. The second-order valence-corrected chi connectivity index (χ2v) is 2.86. The minimum absolute atomic E-state index is 0.231. The maximum Gasteiger partial charge on any atom is 0.216 e. The standard InChI is InChI=1S/C8H9FN2O/c9-8-3-7(6(10)4-11-8)12-5-1-2-5/h3-5H,1-2,10H2. The van der Waals surface area contributed by atoms with Crippen LogP contribution in [0.2, 0.25) is 0 Å². The second kappa shape index (κ2) is 2.62. The zero-order valence-electron chi connectivity index (χ0n) is 6.46. The van der Waals surface area contributed by atoms with E-state index in [-0.39, 0.29) is 6.10 Å². The summed E-state index contributed by atoms with van der Waals surface area (Å²) >= 11 is 0. The number of nitrogens with two attached hydrogens (primary N) is 1. The van der Waals surface area contributed by atoms with Gasteiger partial charge in [0.2, 0.25) is 5.95 Å². The lowest BCUT2D eigenvalue weighted by atomic mass is 10.4. The lowest BCUT2D eigenvalue weighted by Crippen LogP contribution is -2.01. The molecule has 4 heteroatoms. The summed E-state index contributed by atoms with van der Waals surface area (Å²) in [5, 5.41) is 0. The number of pyridine rings is 1. The van der Waals surface area contributed by atoms with Gasteiger partial charge in [-0.15, -0.1) is 0 Å². The highest BCUT2D eigenvalue weighted by molar-refractivity contribution is 5.50. The van der Waals surface area contributed by atoms with E-state index < -0.39 is 5.95 Å². The number of anilines is 1. The van der Waals surface area contributed by atoms with Crippen molar-refractivity contribution in [3.8, 4) is 5.75 Å². The molecule has 2 rings (SSSR count). The number of hydrogen-bond acceptors (Lipinski definition) is 3. The number of hydrogen-bond donors (Lipinski definition) is 1. The van der Waals surface area contributed by atoms with Crippen molar-refractivity contribution in [1.29, 1.82) is 0 Å². The molecule has 0 saturated heterocycles. The molecule has 12 heavy (non-hydrogen) atoms. The van der Waals surface area contributed by atoms with Gasteiger partial charge in [0.1, 0.15) is 5.75 Å². The third-order valence-corrected chi connectivity index (χ3v) is 1.68. The van der Waals surface area contributed by atoms with Crippen LogP contribution in [0, 0.1) is 5.95 Å². The molecule has 1 fully saturated rings. The Morgan fingerprint density at radius 1 is 1.58 bits per heavy atom. The fraction of sp³-hybridized carbons (Fsp3) is 0.375. The van der Waals surface area contributed by atoms with Crippen LogP contribution in [0.5, 0.6) is 5.75 Å². The summed E-state index contributed by atoms with van der Waals surface area (Å²) in [6, 6.07) is 1.22. The number of aromatic nitrogens is 1. The predicted molar refractivity (Wildman–Crippen MR) is 42.3 cm³/mol. The molecule has 0 atom stereocenters. The van der Waals surface area contributed by atoms with Crippen LogP contribution in [-0.4, -0.2) is 11.1 Å². The van der Waals surface area contributed by atoms with Gasteiger partial charge in [0.25, 0.3) is 0 Å². The molecule has 0 amide bonds. The first-order chi connectivity index (χ1) is 5.75. The summed E-state index contributed by atoms with van der Waals surface area (Å²) in [4.78, 5) is 3.40. The smallest absolute Gasteiger partial charge is 0.216 e. The molecule has 1 heterocycles. The van der Waals surface area contributed by atoms with Crippen molar-refractivity contribution >= 4 is 5.69 Å². The Balaban J connectivity index is 2.21. The molecule has 64 valence electrons. The molecule has 0 aliphatic heterocycles. The number of nitrogens with zero attached hydrogens (tertiary/aromatic N) is 1. The van der Waals surface area contributed by atoms with E-state index in [0.717, 1.165) is 12.8 Å². The summed E-state index contributed by atoms with van der Waals surface area (Å²) in [7, 11) is 0. The first kappa shape index (κ1) is 7.34.